The summed E-state index contributed by atoms with van der Waals surface area (Å²) in [6, 6.07) is 53.9. The third-order valence-corrected chi connectivity index (χ3v) is 22.0. The fourth-order valence-electron chi connectivity index (χ4n) is 9.11. The lowest BCUT2D eigenvalue weighted by Crippen LogP contribution is -2.74. The highest BCUT2D eigenvalue weighted by atomic mass is 31.2. The number of aromatic amines is 1. The summed E-state index contributed by atoms with van der Waals surface area (Å²) in [5.41, 5.74) is 7.05. The second-order valence-corrected chi connectivity index (χ2v) is 22.8. The van der Waals surface area contributed by atoms with Gasteiger partial charge in [0.1, 0.15) is 11.3 Å². The molecule has 6 aromatic carbocycles. The number of aromatic nitrogens is 4. The van der Waals surface area contributed by atoms with Gasteiger partial charge < -0.3 is 9.13 Å². The first kappa shape index (κ1) is 30.9. The molecule has 0 saturated heterocycles. The van der Waals surface area contributed by atoms with Crippen LogP contribution in [0.3, 0.4) is 0 Å². The predicted molar refractivity (Wildman–Crippen MR) is 218 cm³/mol. The number of aryl methyl sites for hydroxylation is 1. The molecule has 1 N–H and O–H groups in total. The molecule has 3 aliphatic rings. The maximum Gasteiger partial charge on any atom is 0.219 e. The molecule has 0 fully saturated rings. The molecule has 2 unspecified atom stereocenters. The molecule has 0 aliphatic carbocycles. The molecule has 8 aromatic rings. The molecule has 0 spiro atoms. The maximum atomic E-state index is 15.8. The van der Waals surface area contributed by atoms with E-state index in [9.17, 15) is 0 Å². The highest BCUT2D eigenvalue weighted by Gasteiger charge is 2.53. The van der Waals surface area contributed by atoms with Gasteiger partial charge in [-0.05, 0) is 62.4 Å². The molecular weight excluding hydrogens is 707 g/mol. The number of fused-ring (bicyclic) bond motifs is 9. The third-order valence-electron chi connectivity index (χ3n) is 11.3. The Hall–Kier alpha value is -5.71. The van der Waals surface area contributed by atoms with Crippen molar-refractivity contribution in [1.82, 2.24) is 20.2 Å². The molecular formula is C44H30N4O2P2Si. The molecule has 9 heteroatoms. The van der Waals surface area contributed by atoms with E-state index in [0.717, 1.165) is 54.0 Å². The summed E-state index contributed by atoms with van der Waals surface area (Å²) in [6.07, 6.45) is 0. The van der Waals surface area contributed by atoms with Crippen LogP contribution < -0.4 is 53.1 Å². The van der Waals surface area contributed by atoms with Crippen LogP contribution in [-0.4, -0.2) is 28.2 Å². The van der Waals surface area contributed by atoms with Gasteiger partial charge >= 0.3 is 0 Å². The van der Waals surface area contributed by atoms with Crippen LogP contribution in [-0.2, 0) is 9.13 Å². The van der Waals surface area contributed by atoms with Gasteiger partial charge in [-0.3, -0.25) is 10.1 Å². The quantitative estimate of drug-likeness (QED) is 0.217. The number of nitrogens with one attached hydrogen (secondary N) is 1. The molecule has 0 radical (unpaired) electrons. The van der Waals surface area contributed by atoms with Crippen molar-refractivity contribution in [2.75, 3.05) is 0 Å². The summed E-state index contributed by atoms with van der Waals surface area (Å²) in [5, 5.41) is 14.9. The number of rotatable bonds is 4. The van der Waals surface area contributed by atoms with Gasteiger partial charge in [0.2, 0.25) is 20.8 Å². The number of nitrogens with zero attached hydrogens (tertiary/aromatic N) is 3. The fraction of sp³-hybridized carbons (Fsp3) is 0.0227. The molecule has 3 aliphatic heterocycles. The Morgan fingerprint density at radius 3 is 1.72 bits per heavy atom. The average Bonchev–Trinajstić information content (AvgIpc) is 3.93. The van der Waals surface area contributed by atoms with E-state index in [1.54, 1.807) is 0 Å². The van der Waals surface area contributed by atoms with E-state index in [-0.39, 0.29) is 0 Å². The van der Waals surface area contributed by atoms with Crippen molar-refractivity contribution in [1.29, 1.82) is 0 Å². The highest BCUT2D eigenvalue weighted by Crippen LogP contribution is 2.52. The number of hydrogen-bond acceptors (Lipinski definition) is 5. The molecule has 11 rings (SSSR count). The third kappa shape index (κ3) is 3.86. The second-order valence-electron chi connectivity index (χ2n) is 13.9. The SMILES string of the molecule is Cc1nc(P2(=O)c3ccccc3-c3ccc([Si]4(c5ccc6c(n5)P(=O)(c5ccccc5)c5ccccc5-6)c5ccccc5-c5ccccc54)cc32)n[nH]1. The van der Waals surface area contributed by atoms with Crippen molar-refractivity contribution in [2.24, 2.45) is 0 Å². The minimum atomic E-state index is -3.45. The molecule has 2 aromatic heterocycles. The normalized spacial score (nSPS) is 19.5. The van der Waals surface area contributed by atoms with Crippen LogP contribution in [0.25, 0.3) is 33.4 Å². The van der Waals surface area contributed by atoms with Crippen molar-refractivity contribution < 1.29 is 9.13 Å². The number of pyridine rings is 1. The van der Waals surface area contributed by atoms with Crippen LogP contribution in [0.5, 0.6) is 0 Å². The topological polar surface area (TPSA) is 88.6 Å². The molecule has 6 nitrogen and oxygen atoms in total. The van der Waals surface area contributed by atoms with Crippen molar-refractivity contribution in [3.8, 4) is 33.4 Å². The maximum absolute atomic E-state index is 15.8. The van der Waals surface area contributed by atoms with Crippen LogP contribution in [0, 0.1) is 6.92 Å². The lowest BCUT2D eigenvalue weighted by molar-refractivity contribution is 0.591. The lowest BCUT2D eigenvalue weighted by Gasteiger charge is -2.31. The van der Waals surface area contributed by atoms with Crippen LogP contribution in [0.4, 0.5) is 0 Å². The van der Waals surface area contributed by atoms with E-state index in [4.69, 9.17) is 4.98 Å². The van der Waals surface area contributed by atoms with Gasteiger partial charge in [0, 0.05) is 32.1 Å². The van der Waals surface area contributed by atoms with Crippen molar-refractivity contribution >= 4 is 75.5 Å². The Kier molecular flexibility index (Phi) is 6.35. The first-order chi connectivity index (χ1) is 25.9. The monoisotopic (exact) mass is 736 g/mol. The summed E-state index contributed by atoms with van der Waals surface area (Å²) in [5.74, 6) is 0.619. The molecule has 53 heavy (non-hydrogen) atoms. The van der Waals surface area contributed by atoms with E-state index in [0.29, 0.717) is 16.8 Å². The van der Waals surface area contributed by atoms with Gasteiger partial charge in [-0.2, -0.15) is 0 Å². The highest BCUT2D eigenvalue weighted by molar-refractivity contribution is 7.86. The van der Waals surface area contributed by atoms with Gasteiger partial charge in [0.15, 0.2) is 7.14 Å². The van der Waals surface area contributed by atoms with Crippen LogP contribution in [0.15, 0.2) is 158 Å². The number of H-pyrrole nitrogens is 1. The Bertz CT molecular complexity index is 2910. The molecule has 252 valence electrons. The standard InChI is InChI=1S/C44H30N4O2P2Si/c1-28-45-44(48-47-28)52(50)38-20-10-5-15-31(38)33-24-23-30(27-39(33)52)53(40-21-11-7-17-34(40)35-18-8-12-22-41(35)53)42-26-25-36-32-16-6-9-19-37(32)51(49,43(36)46-42)29-13-3-2-4-14-29/h2-27H,1H3,(H,45,47,48). The average molecular weight is 737 g/mol. The number of benzene rings is 6. The molecule has 0 amide bonds. The predicted octanol–water partition coefficient (Wildman–Crippen LogP) is 4.11. The largest absolute Gasteiger partial charge is 0.307 e. The van der Waals surface area contributed by atoms with Crippen molar-refractivity contribution in [3.63, 3.8) is 0 Å². The minimum Gasteiger partial charge on any atom is -0.307 e. The van der Waals surface area contributed by atoms with E-state index in [1.807, 2.05) is 79.7 Å². The van der Waals surface area contributed by atoms with Crippen molar-refractivity contribution in [2.45, 2.75) is 6.92 Å². The zero-order valence-electron chi connectivity index (χ0n) is 28.6. The Labute approximate surface area is 307 Å². The molecule has 5 heterocycles. The van der Waals surface area contributed by atoms with E-state index in [1.165, 1.54) is 21.5 Å². The Balaban J connectivity index is 1.24. The van der Waals surface area contributed by atoms with Gasteiger partial charge in [-0.1, -0.05) is 146 Å². The zero-order valence-corrected chi connectivity index (χ0v) is 31.4. The second kappa shape index (κ2) is 10.9. The lowest BCUT2D eigenvalue weighted by atomic mass is 10.1. The summed E-state index contributed by atoms with van der Waals surface area (Å²) < 4.78 is 31.5. The molecule has 0 bridgehead atoms. The molecule has 2 atom stereocenters. The molecule has 0 saturated carbocycles. The smallest absolute Gasteiger partial charge is 0.219 e. The zero-order chi connectivity index (χ0) is 35.5. The van der Waals surface area contributed by atoms with Crippen LogP contribution >= 0.6 is 14.3 Å². The Morgan fingerprint density at radius 2 is 1.06 bits per heavy atom. The van der Waals surface area contributed by atoms with Gasteiger partial charge in [-0.25, -0.2) is 4.98 Å². The van der Waals surface area contributed by atoms with Crippen LogP contribution in [0.2, 0.25) is 0 Å². The summed E-state index contributed by atoms with van der Waals surface area (Å²) >= 11 is 0. The van der Waals surface area contributed by atoms with Gasteiger partial charge in [-0.15, -0.1) is 5.10 Å². The summed E-state index contributed by atoms with van der Waals surface area (Å²) in [6.45, 7) is 1.84. The van der Waals surface area contributed by atoms with Crippen LogP contribution in [0.1, 0.15) is 5.82 Å². The first-order valence-corrected chi connectivity index (χ1v) is 23.1. The fourth-order valence-corrected chi connectivity index (χ4v) is 20.1. The first-order valence-electron chi connectivity index (χ1n) is 17.7. The summed E-state index contributed by atoms with van der Waals surface area (Å²) in [4.78, 5) is 10.3. The Morgan fingerprint density at radius 1 is 0.509 bits per heavy atom. The minimum absolute atomic E-state index is 0.318. The van der Waals surface area contributed by atoms with Gasteiger partial charge in [0.05, 0.1) is 0 Å². The van der Waals surface area contributed by atoms with E-state index in [2.05, 4.69) is 100 Å². The number of hydrogen-bond donors (Lipinski definition) is 1. The summed E-state index contributed by atoms with van der Waals surface area (Å²) in [7, 11) is -10.0. The van der Waals surface area contributed by atoms with E-state index >= 15 is 9.13 Å². The van der Waals surface area contributed by atoms with E-state index < -0.39 is 22.4 Å². The van der Waals surface area contributed by atoms with Gasteiger partial charge in [0.25, 0.3) is 0 Å². The van der Waals surface area contributed by atoms with Crippen molar-refractivity contribution in [3.05, 3.63) is 164 Å².